The lowest BCUT2D eigenvalue weighted by Gasteiger charge is -2.34. The minimum Gasteiger partial charge on any atom is -0.496 e. The molecule has 1 N–H and O–H groups in total. The van der Waals surface area contributed by atoms with Gasteiger partial charge in [0, 0.05) is 49.7 Å². The van der Waals surface area contributed by atoms with Crippen LogP contribution in [0.2, 0.25) is 0 Å². The Morgan fingerprint density at radius 3 is 2.56 bits per heavy atom. The van der Waals surface area contributed by atoms with Gasteiger partial charge in [0.2, 0.25) is 0 Å². The number of carbonyl (C=O) groups excluding carboxylic acids is 1. The van der Waals surface area contributed by atoms with Crippen LogP contribution >= 0.6 is 0 Å². The maximum Gasteiger partial charge on any atom is 0.256 e. The lowest BCUT2D eigenvalue weighted by Crippen LogP contribution is -2.49. The Morgan fingerprint density at radius 2 is 1.88 bits per heavy atom. The van der Waals surface area contributed by atoms with Crippen LogP contribution in [0.5, 0.6) is 5.75 Å². The molecule has 0 bridgehead atoms. The number of hydrogen-bond donors (Lipinski definition) is 1. The van der Waals surface area contributed by atoms with Crippen molar-refractivity contribution < 1.29 is 18.3 Å². The summed E-state index contributed by atoms with van der Waals surface area (Å²) in [7, 11) is 1.59. The van der Waals surface area contributed by atoms with Gasteiger partial charge >= 0.3 is 0 Å². The Labute approximate surface area is 145 Å². The van der Waals surface area contributed by atoms with Crippen molar-refractivity contribution in [3.63, 3.8) is 0 Å². The molecule has 1 aromatic carbocycles. The molecule has 3 rings (SSSR count). The van der Waals surface area contributed by atoms with Crippen LogP contribution in [-0.4, -0.2) is 67.0 Å². The van der Waals surface area contributed by atoms with Crippen molar-refractivity contribution in [1.82, 2.24) is 14.8 Å². The van der Waals surface area contributed by atoms with Gasteiger partial charge in [-0.1, -0.05) is 18.2 Å². The summed E-state index contributed by atoms with van der Waals surface area (Å²) in [6.07, 6.45) is 1.11. The average molecular weight is 349 g/mol. The van der Waals surface area contributed by atoms with Gasteiger partial charge in [0.1, 0.15) is 5.75 Å². The Morgan fingerprint density at radius 1 is 1.16 bits per heavy atom. The van der Waals surface area contributed by atoms with Crippen LogP contribution in [0.15, 0.2) is 36.7 Å². The number of H-pyrrole nitrogens is 1. The predicted molar refractivity (Wildman–Crippen MR) is 91.1 cm³/mol. The van der Waals surface area contributed by atoms with Gasteiger partial charge in [0.05, 0.1) is 19.2 Å². The zero-order valence-electron chi connectivity index (χ0n) is 14.0. The highest BCUT2D eigenvalue weighted by atomic mass is 19.3. The normalized spacial score (nSPS) is 15.6. The number of nitrogens with one attached hydrogen (secondary N) is 1. The minimum atomic E-state index is -2.34. The van der Waals surface area contributed by atoms with E-state index in [4.69, 9.17) is 4.74 Å². The van der Waals surface area contributed by atoms with Crippen LogP contribution in [0.4, 0.5) is 8.78 Å². The Balaban J connectivity index is 1.76. The van der Waals surface area contributed by atoms with Crippen molar-refractivity contribution in [3.05, 3.63) is 42.2 Å². The second-order valence-electron chi connectivity index (χ2n) is 5.97. The molecule has 1 fully saturated rings. The Bertz CT molecular complexity index is 725. The lowest BCUT2D eigenvalue weighted by molar-refractivity contribution is 0.0459. The molecule has 2 aromatic rings. The van der Waals surface area contributed by atoms with E-state index in [0.717, 1.165) is 11.1 Å². The smallest absolute Gasteiger partial charge is 0.256 e. The first-order chi connectivity index (χ1) is 12.1. The zero-order valence-corrected chi connectivity index (χ0v) is 14.0. The van der Waals surface area contributed by atoms with Crippen molar-refractivity contribution in [2.24, 2.45) is 0 Å². The molecule has 1 aliphatic heterocycles. The molecule has 0 spiro atoms. The molecule has 7 heteroatoms. The summed E-state index contributed by atoms with van der Waals surface area (Å²) in [4.78, 5) is 19.3. The van der Waals surface area contributed by atoms with Crippen LogP contribution in [0.1, 0.15) is 10.4 Å². The van der Waals surface area contributed by atoms with E-state index in [9.17, 15) is 13.6 Å². The predicted octanol–water partition coefficient (Wildman–Crippen LogP) is 2.71. The van der Waals surface area contributed by atoms with Gasteiger partial charge in [0.15, 0.2) is 0 Å². The van der Waals surface area contributed by atoms with Crippen LogP contribution in [0.3, 0.4) is 0 Å². The summed E-state index contributed by atoms with van der Waals surface area (Å²) < 4.78 is 30.3. The Kier molecular flexibility index (Phi) is 5.33. The zero-order chi connectivity index (χ0) is 17.8. The highest BCUT2D eigenvalue weighted by molar-refractivity contribution is 6.01. The first-order valence-corrected chi connectivity index (χ1v) is 8.20. The number of amides is 1. The van der Waals surface area contributed by atoms with Gasteiger partial charge in [-0.15, -0.1) is 0 Å². The Hall–Kier alpha value is -2.41. The van der Waals surface area contributed by atoms with Crippen LogP contribution in [0, 0.1) is 0 Å². The van der Waals surface area contributed by atoms with Gasteiger partial charge < -0.3 is 14.6 Å². The van der Waals surface area contributed by atoms with E-state index in [-0.39, 0.29) is 12.5 Å². The monoisotopic (exact) mass is 349 g/mol. The summed E-state index contributed by atoms with van der Waals surface area (Å²) >= 11 is 0. The molecule has 1 saturated heterocycles. The number of hydrogen-bond acceptors (Lipinski definition) is 3. The molecule has 0 atom stereocenters. The number of ether oxygens (including phenoxy) is 1. The van der Waals surface area contributed by atoms with E-state index in [1.165, 1.54) is 0 Å². The van der Waals surface area contributed by atoms with E-state index >= 15 is 0 Å². The molecule has 1 aliphatic rings. The molecule has 2 heterocycles. The number of methoxy groups -OCH3 is 1. The summed E-state index contributed by atoms with van der Waals surface area (Å²) in [5.74, 6) is 0.594. The molecule has 0 unspecified atom stereocenters. The van der Waals surface area contributed by atoms with Gasteiger partial charge in [-0.3, -0.25) is 9.69 Å². The fourth-order valence-electron chi connectivity index (χ4n) is 3.13. The summed E-state index contributed by atoms with van der Waals surface area (Å²) in [6.45, 7) is 1.58. The van der Waals surface area contributed by atoms with Crippen LogP contribution < -0.4 is 4.74 Å². The molecular formula is C18H21F2N3O2. The van der Waals surface area contributed by atoms with Gasteiger partial charge in [-0.25, -0.2) is 8.78 Å². The van der Waals surface area contributed by atoms with Crippen molar-refractivity contribution >= 4 is 5.91 Å². The van der Waals surface area contributed by atoms with E-state index in [1.54, 1.807) is 29.3 Å². The van der Waals surface area contributed by atoms with E-state index in [1.807, 2.05) is 24.3 Å². The quantitative estimate of drug-likeness (QED) is 0.903. The first kappa shape index (κ1) is 17.4. The number of piperazine rings is 1. The maximum absolute atomic E-state index is 12.9. The van der Waals surface area contributed by atoms with Gasteiger partial charge in [-0.2, -0.15) is 0 Å². The van der Waals surface area contributed by atoms with Crippen molar-refractivity contribution in [2.45, 2.75) is 6.43 Å². The lowest BCUT2D eigenvalue weighted by atomic mass is 10.0. The number of rotatable bonds is 5. The molecule has 25 heavy (non-hydrogen) atoms. The van der Waals surface area contributed by atoms with E-state index in [0.29, 0.717) is 37.5 Å². The summed E-state index contributed by atoms with van der Waals surface area (Å²) in [5, 5.41) is 0. The number of benzene rings is 1. The SMILES string of the molecule is COc1ccccc1-c1c[nH]cc1C(=O)N1CCN(CC(F)F)CC1. The molecule has 1 amide bonds. The van der Waals surface area contributed by atoms with Crippen molar-refractivity contribution in [1.29, 1.82) is 0 Å². The molecule has 134 valence electrons. The molecule has 5 nitrogen and oxygen atoms in total. The minimum absolute atomic E-state index is 0.0983. The third kappa shape index (κ3) is 3.82. The van der Waals surface area contributed by atoms with Crippen LogP contribution in [0.25, 0.3) is 11.1 Å². The number of aromatic amines is 1. The first-order valence-electron chi connectivity index (χ1n) is 8.20. The van der Waals surface area contributed by atoms with Crippen molar-refractivity contribution in [2.75, 3.05) is 39.8 Å². The fraction of sp³-hybridized carbons (Fsp3) is 0.389. The van der Waals surface area contributed by atoms with Gasteiger partial charge in [-0.05, 0) is 6.07 Å². The average Bonchev–Trinajstić information content (AvgIpc) is 3.10. The summed E-state index contributed by atoms with van der Waals surface area (Å²) in [6, 6.07) is 7.51. The molecule has 0 radical (unpaired) electrons. The fourth-order valence-corrected chi connectivity index (χ4v) is 3.13. The molecule has 0 aliphatic carbocycles. The topological polar surface area (TPSA) is 48.6 Å². The second-order valence-corrected chi connectivity index (χ2v) is 5.97. The third-order valence-corrected chi connectivity index (χ3v) is 4.43. The highest BCUT2D eigenvalue weighted by Gasteiger charge is 2.26. The molecular weight excluding hydrogens is 328 g/mol. The standard InChI is InChI=1S/C18H21F2N3O2/c1-25-16-5-3-2-4-13(16)14-10-21-11-15(14)18(24)23-8-6-22(7-9-23)12-17(19)20/h2-5,10-11,17,21H,6-9,12H2,1H3. The number of halogens is 2. The second kappa shape index (κ2) is 7.65. The third-order valence-electron chi connectivity index (χ3n) is 4.43. The number of para-hydroxylation sites is 1. The largest absolute Gasteiger partial charge is 0.496 e. The molecule has 0 saturated carbocycles. The van der Waals surface area contributed by atoms with Crippen LogP contribution in [-0.2, 0) is 0 Å². The molecule has 1 aromatic heterocycles. The number of carbonyl (C=O) groups is 1. The number of alkyl halides is 2. The van der Waals surface area contributed by atoms with Crippen molar-refractivity contribution in [3.8, 4) is 16.9 Å². The van der Waals surface area contributed by atoms with E-state index in [2.05, 4.69) is 4.98 Å². The number of aromatic nitrogens is 1. The van der Waals surface area contributed by atoms with Gasteiger partial charge in [0.25, 0.3) is 12.3 Å². The van der Waals surface area contributed by atoms with E-state index < -0.39 is 6.43 Å². The summed E-state index contributed by atoms with van der Waals surface area (Å²) in [5.41, 5.74) is 2.18. The number of nitrogens with zero attached hydrogens (tertiary/aromatic N) is 2. The highest BCUT2D eigenvalue weighted by Crippen LogP contribution is 2.32. The maximum atomic E-state index is 12.9.